The molecule has 0 amide bonds. The van der Waals surface area contributed by atoms with E-state index in [0.717, 1.165) is 23.4 Å². The Bertz CT molecular complexity index is 570. The second-order valence-electron chi connectivity index (χ2n) is 3.42. The lowest BCUT2D eigenvalue weighted by Gasteiger charge is -2.05. The summed E-state index contributed by atoms with van der Waals surface area (Å²) in [7, 11) is 0. The van der Waals surface area contributed by atoms with Crippen molar-refractivity contribution in [3.05, 3.63) is 22.2 Å². The zero-order chi connectivity index (χ0) is 11.7. The van der Waals surface area contributed by atoms with Crippen molar-refractivity contribution in [2.24, 2.45) is 0 Å². The predicted octanol–water partition coefficient (Wildman–Crippen LogP) is 0.982. The van der Waals surface area contributed by atoms with Crippen LogP contribution in [0.4, 0.5) is 0 Å². The van der Waals surface area contributed by atoms with Crippen LogP contribution in [0.2, 0.25) is 0 Å². The van der Waals surface area contributed by atoms with Gasteiger partial charge in [-0.2, -0.15) is 15.3 Å². The standard InChI is InChI=1S/C9H12N6S/c1-3-7-6(4-5(2)11-12-7)8-13-14-9(16)15(8)10/h4H,3,10H2,1-2H3,(H,14,16). The number of nitrogens with zero attached hydrogens (tertiary/aromatic N) is 4. The van der Waals surface area contributed by atoms with E-state index in [9.17, 15) is 0 Å². The van der Waals surface area contributed by atoms with Crippen LogP contribution in [-0.2, 0) is 6.42 Å². The molecule has 0 bridgehead atoms. The monoisotopic (exact) mass is 236 g/mol. The number of hydrogen-bond acceptors (Lipinski definition) is 5. The molecule has 0 atom stereocenters. The third kappa shape index (κ3) is 1.69. The first-order valence-corrected chi connectivity index (χ1v) is 5.30. The second kappa shape index (κ2) is 4.01. The van der Waals surface area contributed by atoms with Crippen LogP contribution in [0.3, 0.4) is 0 Å². The Hall–Kier alpha value is -1.76. The maximum atomic E-state index is 5.78. The SMILES string of the molecule is CCc1nnc(C)cc1-c1n[nH]c(=S)n1N. The number of rotatable bonds is 2. The fourth-order valence-electron chi connectivity index (χ4n) is 1.46. The molecule has 7 heteroatoms. The molecule has 0 unspecified atom stereocenters. The Kier molecular flexibility index (Phi) is 2.69. The Morgan fingerprint density at radius 1 is 1.50 bits per heavy atom. The van der Waals surface area contributed by atoms with Gasteiger partial charge in [-0.05, 0) is 31.6 Å². The summed E-state index contributed by atoms with van der Waals surface area (Å²) in [6.07, 6.45) is 0.766. The zero-order valence-corrected chi connectivity index (χ0v) is 9.88. The summed E-state index contributed by atoms with van der Waals surface area (Å²) in [6.45, 7) is 3.88. The van der Waals surface area contributed by atoms with Crippen molar-refractivity contribution in [3.63, 3.8) is 0 Å². The van der Waals surface area contributed by atoms with Crippen molar-refractivity contribution >= 4 is 12.2 Å². The first-order valence-electron chi connectivity index (χ1n) is 4.89. The molecule has 0 saturated carbocycles. The normalized spacial score (nSPS) is 10.6. The van der Waals surface area contributed by atoms with Gasteiger partial charge < -0.3 is 5.84 Å². The predicted molar refractivity (Wildman–Crippen MR) is 62.7 cm³/mol. The minimum atomic E-state index is 0.381. The molecule has 16 heavy (non-hydrogen) atoms. The van der Waals surface area contributed by atoms with Gasteiger partial charge in [0.05, 0.1) is 11.4 Å². The van der Waals surface area contributed by atoms with Crippen molar-refractivity contribution in [1.82, 2.24) is 25.1 Å². The van der Waals surface area contributed by atoms with Crippen molar-refractivity contribution in [3.8, 4) is 11.4 Å². The van der Waals surface area contributed by atoms with Crippen molar-refractivity contribution in [2.75, 3.05) is 5.84 Å². The molecular formula is C9H12N6S. The molecule has 0 spiro atoms. The molecule has 2 aromatic heterocycles. The summed E-state index contributed by atoms with van der Waals surface area (Å²) in [4.78, 5) is 0. The lowest BCUT2D eigenvalue weighted by Crippen LogP contribution is -2.11. The Morgan fingerprint density at radius 2 is 2.25 bits per heavy atom. The quantitative estimate of drug-likeness (QED) is 0.599. The molecule has 0 aromatic carbocycles. The van der Waals surface area contributed by atoms with E-state index in [1.807, 2.05) is 19.9 Å². The van der Waals surface area contributed by atoms with Crippen molar-refractivity contribution < 1.29 is 0 Å². The van der Waals surface area contributed by atoms with Gasteiger partial charge in [-0.1, -0.05) is 6.92 Å². The lowest BCUT2D eigenvalue weighted by atomic mass is 10.1. The molecule has 2 heterocycles. The largest absolute Gasteiger partial charge is 0.335 e. The van der Waals surface area contributed by atoms with E-state index in [-0.39, 0.29) is 0 Å². The van der Waals surface area contributed by atoms with Crippen LogP contribution in [0.25, 0.3) is 11.4 Å². The van der Waals surface area contributed by atoms with Crippen LogP contribution < -0.4 is 5.84 Å². The Balaban J connectivity index is 2.67. The summed E-state index contributed by atoms with van der Waals surface area (Å²) in [5.41, 5.74) is 2.54. The maximum absolute atomic E-state index is 5.78. The van der Waals surface area contributed by atoms with E-state index in [4.69, 9.17) is 18.1 Å². The number of aromatic amines is 1. The van der Waals surface area contributed by atoms with Crippen molar-refractivity contribution in [2.45, 2.75) is 20.3 Å². The number of nitrogens with two attached hydrogens (primary N) is 1. The summed E-state index contributed by atoms with van der Waals surface area (Å²) in [6, 6.07) is 1.90. The third-order valence-electron chi connectivity index (χ3n) is 2.27. The second-order valence-corrected chi connectivity index (χ2v) is 3.81. The molecule has 0 radical (unpaired) electrons. The van der Waals surface area contributed by atoms with Crippen LogP contribution in [0, 0.1) is 11.7 Å². The number of nitrogen functional groups attached to an aromatic ring is 1. The Morgan fingerprint density at radius 3 is 2.81 bits per heavy atom. The van der Waals surface area contributed by atoms with Crippen LogP contribution >= 0.6 is 12.2 Å². The van der Waals surface area contributed by atoms with Gasteiger partial charge in [-0.25, -0.2) is 9.77 Å². The van der Waals surface area contributed by atoms with Crippen LogP contribution in [-0.4, -0.2) is 25.1 Å². The van der Waals surface area contributed by atoms with Gasteiger partial charge in [0.25, 0.3) is 0 Å². The van der Waals surface area contributed by atoms with Gasteiger partial charge in [0.2, 0.25) is 4.77 Å². The van der Waals surface area contributed by atoms with Crippen LogP contribution in [0.15, 0.2) is 6.07 Å². The Labute approximate surface area is 97.5 Å². The minimum Gasteiger partial charge on any atom is -0.335 e. The molecule has 0 aliphatic carbocycles. The summed E-state index contributed by atoms with van der Waals surface area (Å²) >= 11 is 4.97. The molecule has 84 valence electrons. The smallest absolute Gasteiger partial charge is 0.214 e. The highest BCUT2D eigenvalue weighted by atomic mass is 32.1. The lowest BCUT2D eigenvalue weighted by molar-refractivity contribution is 0.884. The molecule has 0 aliphatic heterocycles. The summed E-state index contributed by atoms with van der Waals surface area (Å²) < 4.78 is 1.72. The number of aryl methyl sites for hydroxylation is 2. The van der Waals surface area contributed by atoms with E-state index in [1.54, 1.807) is 0 Å². The van der Waals surface area contributed by atoms with E-state index < -0.39 is 0 Å². The van der Waals surface area contributed by atoms with Gasteiger partial charge in [-0.3, -0.25) is 0 Å². The van der Waals surface area contributed by atoms with Gasteiger partial charge in [0.1, 0.15) is 0 Å². The number of aromatic nitrogens is 5. The highest BCUT2D eigenvalue weighted by Gasteiger charge is 2.12. The highest BCUT2D eigenvalue weighted by molar-refractivity contribution is 7.71. The molecule has 3 N–H and O–H groups in total. The highest BCUT2D eigenvalue weighted by Crippen LogP contribution is 2.19. The van der Waals surface area contributed by atoms with Gasteiger partial charge in [0, 0.05) is 5.56 Å². The summed E-state index contributed by atoms with van der Waals surface area (Å²) in [5, 5.41) is 14.9. The summed E-state index contributed by atoms with van der Waals surface area (Å²) in [5.74, 6) is 6.36. The first kappa shape index (κ1) is 10.7. The molecule has 2 aromatic rings. The molecule has 6 nitrogen and oxygen atoms in total. The number of H-pyrrole nitrogens is 1. The van der Waals surface area contributed by atoms with Crippen molar-refractivity contribution in [1.29, 1.82) is 0 Å². The first-order chi connectivity index (χ1) is 7.63. The maximum Gasteiger partial charge on any atom is 0.214 e. The van der Waals surface area contributed by atoms with Gasteiger partial charge >= 0.3 is 0 Å². The van der Waals surface area contributed by atoms with E-state index >= 15 is 0 Å². The minimum absolute atomic E-state index is 0.381. The van der Waals surface area contributed by atoms with E-state index in [2.05, 4.69) is 20.4 Å². The van der Waals surface area contributed by atoms with Gasteiger partial charge in [0.15, 0.2) is 5.82 Å². The molecule has 0 saturated heterocycles. The average molecular weight is 236 g/mol. The van der Waals surface area contributed by atoms with Crippen LogP contribution in [0.1, 0.15) is 18.3 Å². The molecule has 2 rings (SSSR count). The fourth-order valence-corrected chi connectivity index (χ4v) is 1.60. The zero-order valence-electron chi connectivity index (χ0n) is 9.06. The number of nitrogens with one attached hydrogen (secondary N) is 1. The topological polar surface area (TPSA) is 85.4 Å². The molecular weight excluding hydrogens is 224 g/mol. The number of hydrogen-bond donors (Lipinski definition) is 2. The molecule has 0 aliphatic rings. The fraction of sp³-hybridized carbons (Fsp3) is 0.333. The van der Waals surface area contributed by atoms with Gasteiger partial charge in [-0.15, -0.1) is 0 Å². The van der Waals surface area contributed by atoms with E-state index in [0.29, 0.717) is 10.6 Å². The average Bonchev–Trinajstić information content (AvgIpc) is 2.60. The third-order valence-corrected chi connectivity index (χ3v) is 2.56. The molecule has 0 fully saturated rings. The van der Waals surface area contributed by atoms with Crippen LogP contribution in [0.5, 0.6) is 0 Å². The van der Waals surface area contributed by atoms with E-state index in [1.165, 1.54) is 4.68 Å².